The van der Waals surface area contributed by atoms with Gasteiger partial charge in [0.05, 0.1) is 7.11 Å². The van der Waals surface area contributed by atoms with E-state index in [9.17, 15) is 9.18 Å². The molecule has 0 bridgehead atoms. The van der Waals surface area contributed by atoms with Crippen molar-refractivity contribution in [2.75, 3.05) is 25.2 Å². The van der Waals surface area contributed by atoms with E-state index in [1.807, 2.05) is 59.0 Å². The molecule has 1 aromatic rings. The molecule has 0 saturated carbocycles. The van der Waals surface area contributed by atoms with Crippen LogP contribution in [0.4, 0.5) is 15.8 Å². The average molecular weight is 468 g/mol. The number of carbonyl (C=O) groups excluding carboxylic acids is 1. The summed E-state index contributed by atoms with van der Waals surface area (Å²) in [5.74, 6) is 0.326. The normalized spacial score (nSPS) is 13.3. The number of nitrogens with two attached hydrogens (primary N) is 1. The van der Waals surface area contributed by atoms with E-state index in [2.05, 4.69) is 10.6 Å². The van der Waals surface area contributed by atoms with Gasteiger partial charge in [0.2, 0.25) is 5.91 Å². The van der Waals surface area contributed by atoms with Crippen LogP contribution in [0.15, 0.2) is 95.7 Å². The van der Waals surface area contributed by atoms with Crippen molar-refractivity contribution in [3.8, 4) is 0 Å². The molecule has 0 unspecified atom stereocenters. The minimum atomic E-state index is -0.216. The van der Waals surface area contributed by atoms with Crippen molar-refractivity contribution >= 4 is 23.4 Å². The monoisotopic (exact) mass is 467 g/mol. The standard InChI is InChI=1S/C19H25N3O2.C9H13F/c1-5-6-17(24-4)10-7-14(2)22-19(23)12-8-15-13-16(20)9-11-18(15)21-3;1-4-6-7-9(10)8(3)5-2/h5-13,21H,20H2,1-4H3,(H,22,23);4-7H,1-3H3/b6-5-,12-8+,14-7+,17-10+;6-4-,8-5-,9-7+. The second-order valence-electron chi connectivity index (χ2n) is 7.05. The summed E-state index contributed by atoms with van der Waals surface area (Å²) < 4.78 is 17.9. The van der Waals surface area contributed by atoms with Gasteiger partial charge in [-0.15, -0.1) is 0 Å². The number of rotatable bonds is 9. The highest BCUT2D eigenvalue weighted by Crippen LogP contribution is 2.19. The van der Waals surface area contributed by atoms with Crippen molar-refractivity contribution in [1.29, 1.82) is 0 Å². The molecule has 0 aliphatic heterocycles. The van der Waals surface area contributed by atoms with E-state index in [0.717, 1.165) is 11.3 Å². The fraction of sp³-hybridized carbons (Fsp3) is 0.250. The average Bonchev–Trinajstić information content (AvgIpc) is 2.83. The molecule has 0 aliphatic rings. The largest absolute Gasteiger partial charge is 0.497 e. The van der Waals surface area contributed by atoms with Gasteiger partial charge >= 0.3 is 0 Å². The number of ether oxygens (including phenoxy) is 1. The highest BCUT2D eigenvalue weighted by molar-refractivity contribution is 5.93. The van der Waals surface area contributed by atoms with Crippen LogP contribution in [0.5, 0.6) is 0 Å². The predicted molar refractivity (Wildman–Crippen MR) is 145 cm³/mol. The minimum absolute atomic E-state index is 0.166. The van der Waals surface area contributed by atoms with Gasteiger partial charge in [-0.05, 0) is 94.3 Å². The maximum absolute atomic E-state index is 12.7. The molecule has 1 amide bonds. The number of anilines is 2. The van der Waals surface area contributed by atoms with Crippen LogP contribution in [-0.2, 0) is 9.53 Å². The molecule has 1 rings (SSSR count). The first-order valence-corrected chi connectivity index (χ1v) is 11.0. The smallest absolute Gasteiger partial charge is 0.248 e. The van der Waals surface area contributed by atoms with Gasteiger partial charge in [-0.1, -0.05) is 24.3 Å². The van der Waals surface area contributed by atoms with Crippen LogP contribution in [0.3, 0.4) is 0 Å². The van der Waals surface area contributed by atoms with Crippen LogP contribution >= 0.6 is 0 Å². The number of allylic oxidation sites excluding steroid dienone is 11. The first-order chi connectivity index (χ1) is 16.2. The lowest BCUT2D eigenvalue weighted by Crippen LogP contribution is -2.18. The van der Waals surface area contributed by atoms with E-state index < -0.39 is 0 Å². The molecular weight excluding hydrogens is 429 g/mol. The van der Waals surface area contributed by atoms with Gasteiger partial charge in [-0.3, -0.25) is 4.79 Å². The lowest BCUT2D eigenvalue weighted by molar-refractivity contribution is -0.115. The van der Waals surface area contributed by atoms with Crippen molar-refractivity contribution in [1.82, 2.24) is 5.32 Å². The Morgan fingerprint density at radius 3 is 2.32 bits per heavy atom. The van der Waals surface area contributed by atoms with Gasteiger partial charge < -0.3 is 21.1 Å². The number of amides is 1. The summed E-state index contributed by atoms with van der Waals surface area (Å²) in [4.78, 5) is 12.0. The summed E-state index contributed by atoms with van der Waals surface area (Å²) in [5.41, 5.74) is 9.57. The van der Waals surface area contributed by atoms with Crippen molar-refractivity contribution in [2.45, 2.75) is 34.6 Å². The van der Waals surface area contributed by atoms with E-state index in [4.69, 9.17) is 10.5 Å². The van der Waals surface area contributed by atoms with Crippen molar-refractivity contribution < 1.29 is 13.9 Å². The lowest BCUT2D eigenvalue weighted by atomic mass is 10.1. The molecule has 34 heavy (non-hydrogen) atoms. The Hall–Kier alpha value is -3.80. The molecule has 4 N–H and O–H groups in total. The lowest BCUT2D eigenvalue weighted by Gasteiger charge is -2.06. The first kappa shape index (κ1) is 30.2. The van der Waals surface area contributed by atoms with E-state index in [0.29, 0.717) is 22.7 Å². The number of nitrogens with one attached hydrogen (secondary N) is 2. The predicted octanol–water partition coefficient (Wildman–Crippen LogP) is 6.83. The number of carbonyl (C=O) groups is 1. The van der Waals surface area contributed by atoms with E-state index in [1.54, 1.807) is 56.6 Å². The number of halogens is 1. The third-order valence-corrected chi connectivity index (χ3v) is 4.39. The van der Waals surface area contributed by atoms with Crippen LogP contribution in [0.25, 0.3) is 6.08 Å². The maximum atomic E-state index is 12.7. The quantitative estimate of drug-likeness (QED) is 0.161. The molecule has 0 fully saturated rings. The number of hydrogen-bond donors (Lipinski definition) is 3. The van der Waals surface area contributed by atoms with Crippen LogP contribution in [0.1, 0.15) is 40.2 Å². The Kier molecular flexibility index (Phi) is 15.7. The van der Waals surface area contributed by atoms with E-state index in [1.165, 1.54) is 12.2 Å². The Morgan fingerprint density at radius 1 is 1.06 bits per heavy atom. The van der Waals surface area contributed by atoms with Gasteiger partial charge in [0.15, 0.2) is 0 Å². The third kappa shape index (κ3) is 12.9. The number of methoxy groups -OCH3 is 1. The molecule has 0 saturated heterocycles. The van der Waals surface area contributed by atoms with Gasteiger partial charge in [0.1, 0.15) is 11.6 Å². The fourth-order valence-corrected chi connectivity index (χ4v) is 2.40. The van der Waals surface area contributed by atoms with Crippen LogP contribution in [0.2, 0.25) is 0 Å². The molecule has 1 aromatic carbocycles. The Morgan fingerprint density at radius 2 is 1.76 bits per heavy atom. The summed E-state index contributed by atoms with van der Waals surface area (Å²) >= 11 is 0. The molecule has 0 aliphatic carbocycles. The molecule has 0 heterocycles. The molecule has 0 radical (unpaired) electrons. The van der Waals surface area contributed by atoms with Gasteiger partial charge in [0.25, 0.3) is 0 Å². The molecule has 5 nitrogen and oxygen atoms in total. The molecule has 184 valence electrons. The Labute approximate surface area is 204 Å². The summed E-state index contributed by atoms with van der Waals surface area (Å²) in [6, 6.07) is 5.49. The van der Waals surface area contributed by atoms with Gasteiger partial charge in [-0.25, -0.2) is 4.39 Å². The minimum Gasteiger partial charge on any atom is -0.497 e. The fourth-order valence-electron chi connectivity index (χ4n) is 2.40. The zero-order valence-electron chi connectivity index (χ0n) is 21.3. The zero-order chi connectivity index (χ0) is 25.9. The van der Waals surface area contributed by atoms with Crippen LogP contribution < -0.4 is 16.4 Å². The number of hydrogen-bond acceptors (Lipinski definition) is 4. The van der Waals surface area contributed by atoms with Crippen LogP contribution in [0, 0.1) is 0 Å². The summed E-state index contributed by atoms with van der Waals surface area (Å²) in [6.45, 7) is 9.14. The second kappa shape index (κ2) is 17.7. The Bertz CT molecular complexity index is 997. The first-order valence-electron chi connectivity index (χ1n) is 11.0. The van der Waals surface area contributed by atoms with Crippen molar-refractivity contribution in [3.05, 3.63) is 101 Å². The third-order valence-electron chi connectivity index (χ3n) is 4.39. The molecular formula is C28H38FN3O2. The van der Waals surface area contributed by atoms with Gasteiger partial charge in [-0.2, -0.15) is 0 Å². The second-order valence-corrected chi connectivity index (χ2v) is 7.05. The molecule has 0 spiro atoms. The van der Waals surface area contributed by atoms with Crippen molar-refractivity contribution in [3.63, 3.8) is 0 Å². The highest BCUT2D eigenvalue weighted by atomic mass is 19.1. The summed E-state index contributed by atoms with van der Waals surface area (Å²) in [5, 5.41) is 5.84. The SMILES string of the molecule is C\C=C/C(=C\C=C(/C)NC(=O)/C=C/c1cc(N)ccc1NC)OC.C\C=C/C=C(F)\C(C)=C/C. The molecule has 6 heteroatoms. The summed E-state index contributed by atoms with van der Waals surface area (Å²) in [6.07, 6.45) is 17.2. The summed E-state index contributed by atoms with van der Waals surface area (Å²) in [7, 11) is 3.42. The topological polar surface area (TPSA) is 76.4 Å². The molecule has 0 atom stereocenters. The highest BCUT2D eigenvalue weighted by Gasteiger charge is 2.00. The zero-order valence-corrected chi connectivity index (χ0v) is 21.3. The van der Waals surface area contributed by atoms with Gasteiger partial charge in [0, 0.05) is 30.2 Å². The Balaban J connectivity index is 0.000000916. The number of benzene rings is 1. The maximum Gasteiger partial charge on any atom is 0.248 e. The number of nitrogen functional groups attached to an aromatic ring is 1. The van der Waals surface area contributed by atoms with E-state index >= 15 is 0 Å². The van der Waals surface area contributed by atoms with Crippen LogP contribution in [-0.4, -0.2) is 20.1 Å². The molecule has 0 aromatic heterocycles. The van der Waals surface area contributed by atoms with Crippen molar-refractivity contribution in [2.24, 2.45) is 0 Å². The van der Waals surface area contributed by atoms with E-state index in [-0.39, 0.29) is 11.7 Å².